The van der Waals surface area contributed by atoms with Crippen LogP contribution in [0.15, 0.2) is 83.2 Å². The zero-order valence-corrected chi connectivity index (χ0v) is 22.1. The lowest BCUT2D eigenvalue weighted by molar-refractivity contribution is -0.113. The summed E-state index contributed by atoms with van der Waals surface area (Å²) < 4.78 is 16.0. The number of aromatic nitrogens is 3. The molecule has 0 bridgehead atoms. The second-order valence-corrected chi connectivity index (χ2v) is 10.3. The van der Waals surface area contributed by atoms with E-state index in [2.05, 4.69) is 15.6 Å². The maximum atomic E-state index is 14.3. The van der Waals surface area contributed by atoms with E-state index < -0.39 is 11.9 Å². The van der Waals surface area contributed by atoms with E-state index in [0.717, 1.165) is 16.7 Å². The fourth-order valence-corrected chi connectivity index (χ4v) is 5.49. The Kier molecular flexibility index (Phi) is 7.04. The zero-order chi connectivity index (χ0) is 26.1. The minimum atomic E-state index is -0.667. The number of amides is 1. The number of nitrogens with one attached hydrogen (secondary N) is 2. The molecule has 0 aliphatic carbocycles. The topological polar surface area (TPSA) is 71.8 Å². The number of hydrogen-bond donors (Lipinski definition) is 2. The minimum Gasteiger partial charge on any atom is -0.328 e. The fourth-order valence-electron chi connectivity index (χ4n) is 4.37. The molecule has 0 saturated carbocycles. The maximum Gasteiger partial charge on any atom is 0.255 e. The molecule has 0 saturated heterocycles. The monoisotopic (exact) mass is 533 g/mol. The van der Waals surface area contributed by atoms with Gasteiger partial charge in [-0.25, -0.2) is 9.07 Å². The summed E-state index contributed by atoms with van der Waals surface area (Å²) >= 11 is 7.75. The molecule has 6 nitrogen and oxygen atoms in total. The number of anilines is 2. The van der Waals surface area contributed by atoms with Crippen molar-refractivity contribution < 1.29 is 9.18 Å². The summed E-state index contributed by atoms with van der Waals surface area (Å²) in [4.78, 5) is 18.3. The van der Waals surface area contributed by atoms with Crippen molar-refractivity contribution in [3.05, 3.63) is 111 Å². The number of carbonyl (C=O) groups is 1. The van der Waals surface area contributed by atoms with Crippen LogP contribution in [0.2, 0.25) is 5.02 Å². The first-order valence-corrected chi connectivity index (χ1v) is 13.1. The number of aryl methyl sites for hydroxylation is 2. The molecule has 9 heteroatoms. The molecular formula is C28H25ClFN5OS. The molecule has 2 N–H and O–H groups in total. The lowest BCUT2D eigenvalue weighted by Gasteiger charge is -2.28. The van der Waals surface area contributed by atoms with E-state index in [1.807, 2.05) is 63.2 Å². The highest BCUT2D eigenvalue weighted by Crippen LogP contribution is 2.37. The van der Waals surface area contributed by atoms with Crippen molar-refractivity contribution in [1.29, 1.82) is 0 Å². The van der Waals surface area contributed by atoms with Crippen molar-refractivity contribution in [2.75, 3.05) is 10.6 Å². The number of thioether (sulfide) groups is 1. The second-order valence-electron chi connectivity index (χ2n) is 8.94. The van der Waals surface area contributed by atoms with E-state index in [0.29, 0.717) is 44.4 Å². The van der Waals surface area contributed by atoms with Crippen LogP contribution >= 0.6 is 23.4 Å². The van der Waals surface area contributed by atoms with Gasteiger partial charge in [0.25, 0.3) is 5.91 Å². The molecule has 0 fully saturated rings. The standard InChI is InChI=1S/C28H25ClFN5OS/c1-16-11-12-23(17(2)13-16)32-26(36)24-18(3)31-27-33-28(37-15-20-7-4-5-10-22(20)29)34-35(27)25(24)19-8-6-9-21(30)14-19/h4-14,25H,15H2,1-3H3,(H,32,36)(H,31,33,34). The third-order valence-electron chi connectivity index (χ3n) is 6.19. The molecule has 1 aliphatic heterocycles. The van der Waals surface area contributed by atoms with Gasteiger partial charge in [-0.2, -0.15) is 4.98 Å². The minimum absolute atomic E-state index is 0.294. The van der Waals surface area contributed by atoms with Crippen LogP contribution < -0.4 is 10.6 Å². The van der Waals surface area contributed by atoms with Crippen molar-refractivity contribution in [3.63, 3.8) is 0 Å². The molecule has 1 aromatic heterocycles. The third-order valence-corrected chi connectivity index (χ3v) is 7.44. The number of rotatable bonds is 6. The molecule has 3 aromatic carbocycles. The van der Waals surface area contributed by atoms with Gasteiger partial charge in [0.2, 0.25) is 11.1 Å². The first-order valence-electron chi connectivity index (χ1n) is 11.7. The largest absolute Gasteiger partial charge is 0.328 e. The lowest BCUT2D eigenvalue weighted by atomic mass is 9.95. The third kappa shape index (κ3) is 5.26. The maximum absolute atomic E-state index is 14.3. The summed E-state index contributed by atoms with van der Waals surface area (Å²) in [6, 6.07) is 19.0. The van der Waals surface area contributed by atoms with Crippen molar-refractivity contribution in [2.45, 2.75) is 37.7 Å². The number of halogens is 2. The van der Waals surface area contributed by atoms with Crippen LogP contribution in [0, 0.1) is 19.7 Å². The SMILES string of the molecule is CC1=C(C(=O)Nc2ccc(C)cc2C)C(c2cccc(F)c2)n2nc(SCc3ccccc3Cl)nc2N1. The molecule has 1 aliphatic rings. The number of benzene rings is 3. The predicted molar refractivity (Wildman–Crippen MR) is 146 cm³/mol. The van der Waals surface area contributed by atoms with Crippen molar-refractivity contribution >= 4 is 40.9 Å². The van der Waals surface area contributed by atoms with Gasteiger partial charge in [0.1, 0.15) is 11.9 Å². The van der Waals surface area contributed by atoms with E-state index in [-0.39, 0.29) is 5.91 Å². The number of fused-ring (bicyclic) bond motifs is 1. The summed E-state index contributed by atoms with van der Waals surface area (Å²) in [5, 5.41) is 12.2. The smallest absolute Gasteiger partial charge is 0.255 e. The molecular weight excluding hydrogens is 509 g/mol. The first kappa shape index (κ1) is 25.0. The Labute approximate surface area is 224 Å². The van der Waals surface area contributed by atoms with Crippen LogP contribution in [-0.2, 0) is 10.5 Å². The Hall–Kier alpha value is -3.62. The summed E-state index contributed by atoms with van der Waals surface area (Å²) in [5.41, 5.74) is 5.41. The molecule has 4 aromatic rings. The number of nitrogens with zero attached hydrogens (tertiary/aromatic N) is 3. The summed E-state index contributed by atoms with van der Waals surface area (Å²) in [6.07, 6.45) is 0. The van der Waals surface area contributed by atoms with Crippen molar-refractivity contribution in [3.8, 4) is 0 Å². The number of hydrogen-bond acceptors (Lipinski definition) is 5. The van der Waals surface area contributed by atoms with E-state index in [4.69, 9.17) is 16.7 Å². The number of allylic oxidation sites excluding steroid dienone is 1. The molecule has 1 amide bonds. The Balaban J connectivity index is 1.50. The highest BCUT2D eigenvalue weighted by atomic mass is 35.5. The van der Waals surface area contributed by atoms with E-state index in [9.17, 15) is 9.18 Å². The average Bonchev–Trinajstić information content (AvgIpc) is 3.26. The Morgan fingerprint density at radius 1 is 1.11 bits per heavy atom. The van der Waals surface area contributed by atoms with Crippen molar-refractivity contribution in [1.82, 2.24) is 14.8 Å². The van der Waals surface area contributed by atoms with Crippen LogP contribution in [0.5, 0.6) is 0 Å². The van der Waals surface area contributed by atoms with Gasteiger partial charge < -0.3 is 10.6 Å². The highest BCUT2D eigenvalue weighted by molar-refractivity contribution is 7.98. The van der Waals surface area contributed by atoms with Crippen LogP contribution in [0.25, 0.3) is 0 Å². The van der Waals surface area contributed by atoms with Crippen molar-refractivity contribution in [2.24, 2.45) is 0 Å². The normalized spacial score (nSPS) is 14.8. The zero-order valence-electron chi connectivity index (χ0n) is 20.5. The van der Waals surface area contributed by atoms with Gasteiger partial charge in [0, 0.05) is 22.2 Å². The van der Waals surface area contributed by atoms with Crippen LogP contribution in [0.3, 0.4) is 0 Å². The molecule has 1 unspecified atom stereocenters. The second kappa shape index (κ2) is 10.4. The molecule has 0 spiro atoms. The molecule has 0 radical (unpaired) electrons. The van der Waals surface area contributed by atoms with Gasteiger partial charge in [-0.05, 0) is 61.7 Å². The number of carbonyl (C=O) groups excluding carboxylic acids is 1. The van der Waals surface area contributed by atoms with Crippen LogP contribution in [0.4, 0.5) is 16.0 Å². The summed E-state index contributed by atoms with van der Waals surface area (Å²) in [6.45, 7) is 5.77. The van der Waals surface area contributed by atoms with E-state index in [1.54, 1.807) is 16.8 Å². The Morgan fingerprint density at radius 2 is 1.92 bits per heavy atom. The van der Waals surface area contributed by atoms with E-state index in [1.165, 1.54) is 23.9 Å². The first-order chi connectivity index (χ1) is 17.8. The molecule has 188 valence electrons. The van der Waals surface area contributed by atoms with Gasteiger partial charge in [0.15, 0.2) is 0 Å². The highest BCUT2D eigenvalue weighted by Gasteiger charge is 2.34. The molecule has 5 rings (SSSR count). The Bertz CT molecular complexity index is 1530. The van der Waals surface area contributed by atoms with Crippen LogP contribution in [-0.4, -0.2) is 20.7 Å². The Morgan fingerprint density at radius 3 is 2.68 bits per heavy atom. The fraction of sp³-hybridized carbons (Fsp3) is 0.179. The average molecular weight is 534 g/mol. The van der Waals surface area contributed by atoms with Gasteiger partial charge in [-0.1, -0.05) is 71.4 Å². The van der Waals surface area contributed by atoms with Gasteiger partial charge in [-0.3, -0.25) is 4.79 Å². The molecule has 1 atom stereocenters. The van der Waals surface area contributed by atoms with Gasteiger partial charge >= 0.3 is 0 Å². The van der Waals surface area contributed by atoms with E-state index >= 15 is 0 Å². The predicted octanol–water partition coefficient (Wildman–Crippen LogP) is 6.91. The molecule has 37 heavy (non-hydrogen) atoms. The quantitative estimate of drug-likeness (QED) is 0.263. The molecule has 2 heterocycles. The summed E-state index contributed by atoms with van der Waals surface area (Å²) in [5.74, 6) is 0.382. The van der Waals surface area contributed by atoms with Crippen LogP contribution in [0.1, 0.15) is 35.2 Å². The van der Waals surface area contributed by atoms with Gasteiger partial charge in [0.05, 0.1) is 5.57 Å². The lowest BCUT2D eigenvalue weighted by Crippen LogP contribution is -2.31. The summed E-state index contributed by atoms with van der Waals surface area (Å²) in [7, 11) is 0. The van der Waals surface area contributed by atoms with Gasteiger partial charge in [-0.15, -0.1) is 5.10 Å².